The number of nitrogens with zero attached hydrogens (tertiary/aromatic N) is 3. The summed E-state index contributed by atoms with van der Waals surface area (Å²) in [5.74, 6) is 0.941. The van der Waals surface area contributed by atoms with E-state index in [1.54, 1.807) is 0 Å². The van der Waals surface area contributed by atoms with E-state index in [-0.39, 0.29) is 0 Å². The molecule has 5 heteroatoms. The first-order valence-corrected chi connectivity index (χ1v) is 6.12. The summed E-state index contributed by atoms with van der Waals surface area (Å²) in [6.45, 7) is 2.32. The number of aliphatic imine (C=N–C) groups is 1. The Morgan fingerprint density at radius 2 is 2.39 bits per heavy atom. The normalized spacial score (nSPS) is 14.3. The van der Waals surface area contributed by atoms with Crippen LogP contribution in [0, 0.1) is 11.3 Å². The monoisotopic (exact) mass is 258 g/mol. The smallest absolute Gasteiger partial charge is 0.117 e. The fourth-order valence-corrected chi connectivity index (χ4v) is 2.53. The van der Waals surface area contributed by atoms with Crippen LogP contribution in [0.25, 0.3) is 10.9 Å². The Labute approximate surface area is 109 Å². The molecule has 1 aromatic heterocycles. The summed E-state index contributed by atoms with van der Waals surface area (Å²) in [5.41, 5.74) is 1.54. The Morgan fingerprint density at radius 1 is 1.50 bits per heavy atom. The van der Waals surface area contributed by atoms with Gasteiger partial charge in [0, 0.05) is 18.1 Å². The van der Waals surface area contributed by atoms with Gasteiger partial charge in [0.2, 0.25) is 0 Å². The van der Waals surface area contributed by atoms with E-state index in [0.29, 0.717) is 17.1 Å². The highest BCUT2D eigenvalue weighted by Crippen LogP contribution is 2.27. The van der Waals surface area contributed by atoms with Crippen LogP contribution in [0.3, 0.4) is 0 Å². The van der Waals surface area contributed by atoms with Crippen LogP contribution in [0.4, 0.5) is 0 Å². The van der Waals surface area contributed by atoms with Crippen LogP contribution in [0.2, 0.25) is 5.02 Å². The molecule has 90 valence electrons. The summed E-state index contributed by atoms with van der Waals surface area (Å²) in [4.78, 5) is 4.36. The highest BCUT2D eigenvalue weighted by molar-refractivity contribution is 6.35. The van der Waals surface area contributed by atoms with Gasteiger partial charge in [-0.2, -0.15) is 5.26 Å². The zero-order chi connectivity index (χ0) is 12.5. The van der Waals surface area contributed by atoms with E-state index in [9.17, 15) is 0 Å². The molecule has 0 radical (unpaired) electrons. The maximum absolute atomic E-state index is 9.15. The van der Waals surface area contributed by atoms with Gasteiger partial charge in [0.15, 0.2) is 0 Å². The number of amidine groups is 1. The van der Waals surface area contributed by atoms with Gasteiger partial charge >= 0.3 is 0 Å². The molecule has 1 aliphatic heterocycles. The van der Waals surface area contributed by atoms with Gasteiger partial charge in [0.1, 0.15) is 11.9 Å². The van der Waals surface area contributed by atoms with E-state index >= 15 is 0 Å². The standard InChI is InChI=1S/C13H11ClN4/c14-11-3-1-2-10-9(6-15)7-18(13(10)11)8-12-16-4-5-17-12/h1-3,7H,4-5,8H2,(H,16,17). The van der Waals surface area contributed by atoms with Crippen LogP contribution < -0.4 is 5.32 Å². The molecule has 0 saturated heterocycles. The Hall–Kier alpha value is -1.99. The third-order valence-electron chi connectivity index (χ3n) is 3.03. The molecule has 0 fully saturated rings. The molecule has 0 saturated carbocycles. The third kappa shape index (κ3) is 1.73. The van der Waals surface area contributed by atoms with Crippen LogP contribution in [-0.2, 0) is 6.54 Å². The molecule has 0 amide bonds. The zero-order valence-corrected chi connectivity index (χ0v) is 10.4. The second kappa shape index (κ2) is 4.35. The quantitative estimate of drug-likeness (QED) is 0.898. The van der Waals surface area contributed by atoms with E-state index in [2.05, 4.69) is 16.4 Å². The van der Waals surface area contributed by atoms with Gasteiger partial charge in [-0.25, -0.2) is 0 Å². The summed E-state index contributed by atoms with van der Waals surface area (Å²) in [5, 5.41) is 13.9. The van der Waals surface area contributed by atoms with Gasteiger partial charge in [-0.05, 0) is 6.07 Å². The summed E-state index contributed by atoms with van der Waals surface area (Å²) < 4.78 is 1.98. The Bertz CT molecular complexity index is 678. The molecule has 1 N–H and O–H groups in total. The Balaban J connectivity index is 2.14. The van der Waals surface area contributed by atoms with E-state index < -0.39 is 0 Å². The fourth-order valence-electron chi connectivity index (χ4n) is 2.24. The molecule has 0 spiro atoms. The molecule has 3 rings (SSSR count). The molecule has 2 heterocycles. The number of nitriles is 1. The second-order valence-electron chi connectivity index (χ2n) is 4.17. The van der Waals surface area contributed by atoms with E-state index in [4.69, 9.17) is 16.9 Å². The van der Waals surface area contributed by atoms with Crippen molar-refractivity contribution in [1.29, 1.82) is 5.26 Å². The van der Waals surface area contributed by atoms with Crippen molar-refractivity contribution in [2.24, 2.45) is 4.99 Å². The van der Waals surface area contributed by atoms with E-state index in [1.165, 1.54) is 0 Å². The number of rotatable bonds is 2. The Morgan fingerprint density at radius 3 is 3.11 bits per heavy atom. The summed E-state index contributed by atoms with van der Waals surface area (Å²) in [6, 6.07) is 7.82. The summed E-state index contributed by atoms with van der Waals surface area (Å²) >= 11 is 6.23. The molecule has 1 aliphatic rings. The predicted octanol–water partition coefficient (Wildman–Crippen LogP) is 2.17. The predicted molar refractivity (Wildman–Crippen MR) is 72.0 cm³/mol. The van der Waals surface area contributed by atoms with Gasteiger partial charge in [0.25, 0.3) is 0 Å². The van der Waals surface area contributed by atoms with Crippen LogP contribution >= 0.6 is 11.6 Å². The van der Waals surface area contributed by atoms with Crippen LogP contribution in [0.1, 0.15) is 5.56 Å². The summed E-state index contributed by atoms with van der Waals surface area (Å²) in [6.07, 6.45) is 1.83. The Kier molecular flexibility index (Phi) is 2.69. The number of hydrogen-bond acceptors (Lipinski definition) is 3. The molecule has 4 nitrogen and oxygen atoms in total. The van der Waals surface area contributed by atoms with Crippen molar-refractivity contribution in [3.63, 3.8) is 0 Å². The molecule has 18 heavy (non-hydrogen) atoms. The lowest BCUT2D eigenvalue weighted by molar-refractivity contribution is 0.862. The second-order valence-corrected chi connectivity index (χ2v) is 4.58. The third-order valence-corrected chi connectivity index (χ3v) is 3.34. The number of aromatic nitrogens is 1. The fraction of sp³-hybridized carbons (Fsp3) is 0.231. The molecule has 0 bridgehead atoms. The van der Waals surface area contributed by atoms with Crippen LogP contribution in [0.5, 0.6) is 0 Å². The van der Waals surface area contributed by atoms with E-state index in [0.717, 1.165) is 29.8 Å². The van der Waals surface area contributed by atoms with Crippen molar-refractivity contribution in [1.82, 2.24) is 9.88 Å². The minimum absolute atomic E-state index is 0.627. The minimum Gasteiger partial charge on any atom is -0.370 e. The van der Waals surface area contributed by atoms with Crippen molar-refractivity contribution < 1.29 is 0 Å². The largest absolute Gasteiger partial charge is 0.370 e. The molecule has 0 unspecified atom stereocenters. The number of halogens is 1. The van der Waals surface area contributed by atoms with Gasteiger partial charge in [-0.1, -0.05) is 23.7 Å². The lowest BCUT2D eigenvalue weighted by Crippen LogP contribution is -2.23. The highest BCUT2D eigenvalue weighted by atomic mass is 35.5. The molecular formula is C13H11ClN4. The van der Waals surface area contributed by atoms with Crippen LogP contribution in [-0.4, -0.2) is 23.5 Å². The topological polar surface area (TPSA) is 53.1 Å². The average molecular weight is 259 g/mol. The molecule has 1 aromatic carbocycles. The molecule has 2 aromatic rings. The first kappa shape index (κ1) is 11.1. The van der Waals surface area contributed by atoms with Gasteiger partial charge in [-0.15, -0.1) is 0 Å². The van der Waals surface area contributed by atoms with Crippen molar-refractivity contribution >= 4 is 28.3 Å². The minimum atomic E-state index is 0.627. The number of fused-ring (bicyclic) bond motifs is 1. The number of benzene rings is 1. The van der Waals surface area contributed by atoms with Crippen molar-refractivity contribution in [3.05, 3.63) is 35.0 Å². The van der Waals surface area contributed by atoms with E-state index in [1.807, 2.05) is 29.0 Å². The van der Waals surface area contributed by atoms with Crippen LogP contribution in [0.15, 0.2) is 29.4 Å². The number of para-hydroxylation sites is 1. The number of nitrogens with one attached hydrogen (secondary N) is 1. The van der Waals surface area contributed by atoms with Crippen molar-refractivity contribution in [3.8, 4) is 6.07 Å². The van der Waals surface area contributed by atoms with Crippen molar-refractivity contribution in [2.75, 3.05) is 13.1 Å². The van der Waals surface area contributed by atoms with Gasteiger partial charge in [0.05, 0.1) is 29.2 Å². The lowest BCUT2D eigenvalue weighted by atomic mass is 10.2. The van der Waals surface area contributed by atoms with Gasteiger partial charge < -0.3 is 9.88 Å². The van der Waals surface area contributed by atoms with Gasteiger partial charge in [-0.3, -0.25) is 4.99 Å². The zero-order valence-electron chi connectivity index (χ0n) is 9.65. The number of hydrogen-bond donors (Lipinski definition) is 1. The van der Waals surface area contributed by atoms with Crippen molar-refractivity contribution in [2.45, 2.75) is 6.54 Å². The SMILES string of the molecule is N#Cc1cn(CC2=NCCN2)c2c(Cl)cccc12. The molecule has 0 aliphatic carbocycles. The highest BCUT2D eigenvalue weighted by Gasteiger charge is 2.13. The lowest BCUT2D eigenvalue weighted by Gasteiger charge is -2.06. The maximum Gasteiger partial charge on any atom is 0.117 e. The molecular weight excluding hydrogens is 248 g/mol. The maximum atomic E-state index is 9.15. The average Bonchev–Trinajstić information content (AvgIpc) is 2.98. The molecule has 0 atom stereocenters. The first-order valence-electron chi connectivity index (χ1n) is 5.74. The summed E-state index contributed by atoms with van der Waals surface area (Å²) in [7, 11) is 0. The first-order chi connectivity index (χ1) is 8.79.